The van der Waals surface area contributed by atoms with Crippen molar-refractivity contribution in [3.05, 3.63) is 65.2 Å². The average molecular weight is 551 g/mol. The topological polar surface area (TPSA) is 112 Å². The Balaban J connectivity index is 1.28. The highest BCUT2D eigenvalue weighted by atomic mass is 35.5. The van der Waals surface area contributed by atoms with Crippen LogP contribution < -0.4 is 14.8 Å². The molecule has 5 rings (SSSR count). The van der Waals surface area contributed by atoms with Gasteiger partial charge >= 0.3 is 0 Å². The van der Waals surface area contributed by atoms with Crippen molar-refractivity contribution in [2.24, 2.45) is 0 Å². The second kappa shape index (κ2) is 12.4. The predicted octanol–water partition coefficient (Wildman–Crippen LogP) is 4.01. The molecule has 0 aliphatic carbocycles. The minimum absolute atomic E-state index is 0.191. The number of halogens is 1. The minimum atomic E-state index is -0.191. The Morgan fingerprint density at radius 2 is 1.90 bits per heavy atom. The van der Waals surface area contributed by atoms with Gasteiger partial charge in [0.2, 0.25) is 5.95 Å². The van der Waals surface area contributed by atoms with Gasteiger partial charge in [-0.25, -0.2) is 14.6 Å². The van der Waals surface area contributed by atoms with Gasteiger partial charge < -0.3 is 19.5 Å². The number of benzene rings is 2. The number of hydrogen-bond donors (Lipinski definition) is 1. The number of rotatable bonds is 11. The van der Waals surface area contributed by atoms with Crippen molar-refractivity contribution in [2.45, 2.75) is 32.5 Å². The number of aromatic nitrogens is 6. The van der Waals surface area contributed by atoms with Crippen LogP contribution in [0, 0.1) is 0 Å². The summed E-state index contributed by atoms with van der Waals surface area (Å²) in [7, 11) is 3.41. The number of nitrogens with zero attached hydrogens (tertiary/aromatic N) is 7. The van der Waals surface area contributed by atoms with E-state index in [4.69, 9.17) is 25.8 Å². The highest BCUT2D eigenvalue weighted by Gasteiger charge is 2.19. The zero-order chi connectivity index (χ0) is 27.2. The first-order chi connectivity index (χ1) is 19.0. The zero-order valence-corrected chi connectivity index (χ0v) is 22.9. The molecule has 1 N–H and O–H groups in total. The molecule has 0 radical (unpaired) electrons. The Bertz CT molecular complexity index is 1380. The maximum Gasteiger partial charge on any atom is 0.227 e. The minimum Gasteiger partial charge on any atom is -0.495 e. The second-order valence-corrected chi connectivity index (χ2v) is 9.77. The maximum atomic E-state index is 6.40. The zero-order valence-electron chi connectivity index (χ0n) is 22.2. The summed E-state index contributed by atoms with van der Waals surface area (Å²) in [4.78, 5) is 11.5. The molecule has 2 aromatic heterocycles. The number of fused-ring (bicyclic) bond motifs is 1. The van der Waals surface area contributed by atoms with E-state index in [1.165, 1.54) is 11.1 Å². The molecule has 0 unspecified atom stereocenters. The van der Waals surface area contributed by atoms with Crippen molar-refractivity contribution in [1.82, 2.24) is 35.1 Å². The fourth-order valence-corrected chi connectivity index (χ4v) is 4.70. The molecule has 39 heavy (non-hydrogen) atoms. The number of tetrazole rings is 1. The van der Waals surface area contributed by atoms with E-state index < -0.39 is 0 Å². The van der Waals surface area contributed by atoms with Crippen molar-refractivity contribution in [3.63, 3.8) is 0 Å². The molecule has 12 heteroatoms. The van der Waals surface area contributed by atoms with Crippen LogP contribution in [-0.4, -0.2) is 75.1 Å². The smallest absolute Gasteiger partial charge is 0.227 e. The van der Waals surface area contributed by atoms with E-state index in [0.717, 1.165) is 55.2 Å². The third kappa shape index (κ3) is 6.62. The Morgan fingerprint density at radius 3 is 2.64 bits per heavy atom. The summed E-state index contributed by atoms with van der Waals surface area (Å²) in [5.74, 6) is 1.80. The van der Waals surface area contributed by atoms with E-state index in [1.54, 1.807) is 43.7 Å². The van der Waals surface area contributed by atoms with Gasteiger partial charge in [-0.2, -0.15) is 0 Å². The number of hydrogen-bond acceptors (Lipinski definition) is 10. The van der Waals surface area contributed by atoms with E-state index in [0.29, 0.717) is 23.3 Å². The molecule has 204 valence electrons. The lowest BCUT2D eigenvalue weighted by Gasteiger charge is -2.29. The first-order valence-electron chi connectivity index (χ1n) is 12.7. The largest absolute Gasteiger partial charge is 0.495 e. The lowest BCUT2D eigenvalue weighted by Crippen LogP contribution is -2.33. The monoisotopic (exact) mass is 550 g/mol. The van der Waals surface area contributed by atoms with Crippen molar-refractivity contribution in [2.75, 3.05) is 39.2 Å². The summed E-state index contributed by atoms with van der Waals surface area (Å²) in [6.45, 7) is 5.94. The fraction of sp³-hybridized carbons (Fsp3) is 0.370. The van der Waals surface area contributed by atoms with Crippen LogP contribution >= 0.6 is 11.6 Å². The lowest BCUT2D eigenvalue weighted by molar-refractivity contribution is 0.140. The first kappa shape index (κ1) is 26.8. The molecule has 11 nitrogen and oxygen atoms in total. The van der Waals surface area contributed by atoms with Gasteiger partial charge in [-0.1, -0.05) is 17.7 Å². The lowest BCUT2D eigenvalue weighted by atomic mass is 9.98. The van der Waals surface area contributed by atoms with Crippen molar-refractivity contribution < 1.29 is 14.2 Å². The predicted molar refractivity (Wildman–Crippen MR) is 148 cm³/mol. The highest BCUT2D eigenvalue weighted by molar-refractivity contribution is 6.32. The standard InChI is InChI=1S/C27H31ClN8O3/c1-18(15-36-17-31-33-34-36)39-25-11-19(4-5-23(25)28)22-13-29-27(30-14-22)32-24-10-20-6-7-35(8-9-37-2)16-21(20)12-26(24)38-3/h4-5,10-14,17-18H,6-9,15-16H2,1-3H3,(H,29,30,32)/t18-/m0/s1. The van der Waals surface area contributed by atoms with Crippen molar-refractivity contribution in [3.8, 4) is 22.6 Å². The molecule has 0 fully saturated rings. The van der Waals surface area contributed by atoms with Crippen LogP contribution in [-0.2, 0) is 24.2 Å². The van der Waals surface area contributed by atoms with Gasteiger partial charge in [-0.3, -0.25) is 4.90 Å². The average Bonchev–Trinajstić information content (AvgIpc) is 3.46. The quantitative estimate of drug-likeness (QED) is 0.294. The van der Waals surface area contributed by atoms with Crippen LogP contribution in [0.25, 0.3) is 11.1 Å². The Kier molecular flexibility index (Phi) is 8.50. The van der Waals surface area contributed by atoms with Crippen LogP contribution in [0.5, 0.6) is 11.5 Å². The Labute approximate surface area is 232 Å². The van der Waals surface area contributed by atoms with E-state index in [1.807, 2.05) is 19.1 Å². The molecule has 3 heterocycles. The first-order valence-corrected chi connectivity index (χ1v) is 13.1. The molecule has 0 spiro atoms. The van der Waals surface area contributed by atoms with E-state index >= 15 is 0 Å². The number of methoxy groups -OCH3 is 2. The van der Waals surface area contributed by atoms with Crippen molar-refractivity contribution in [1.29, 1.82) is 0 Å². The Hall–Kier alpha value is -3.80. The third-order valence-electron chi connectivity index (χ3n) is 6.55. The van der Waals surface area contributed by atoms with Crippen LogP contribution in [0.2, 0.25) is 5.02 Å². The molecule has 0 saturated heterocycles. The summed E-state index contributed by atoms with van der Waals surface area (Å²) >= 11 is 6.40. The van der Waals surface area contributed by atoms with Gasteiger partial charge in [0.1, 0.15) is 23.9 Å². The Morgan fingerprint density at radius 1 is 1.05 bits per heavy atom. The van der Waals surface area contributed by atoms with E-state index in [-0.39, 0.29) is 6.10 Å². The molecule has 1 atom stereocenters. The summed E-state index contributed by atoms with van der Waals surface area (Å²) in [5, 5.41) is 15.0. The van der Waals surface area contributed by atoms with Gasteiger partial charge in [0.05, 0.1) is 31.0 Å². The molecule has 4 aromatic rings. The SMILES string of the molecule is COCCN1CCc2cc(Nc3ncc(-c4ccc(Cl)c(O[C@@H](C)Cn5cnnn5)c4)cn3)c(OC)cc2C1. The maximum absolute atomic E-state index is 6.40. The fourth-order valence-electron chi connectivity index (χ4n) is 4.54. The normalized spacial score (nSPS) is 14.1. The van der Waals surface area contributed by atoms with E-state index in [2.05, 4.69) is 47.8 Å². The summed E-state index contributed by atoms with van der Waals surface area (Å²) in [5.41, 5.74) is 5.13. The van der Waals surface area contributed by atoms with Crippen LogP contribution in [0.15, 0.2) is 49.1 Å². The summed E-state index contributed by atoms with van der Waals surface area (Å²) < 4.78 is 18.6. The van der Waals surface area contributed by atoms with E-state index in [9.17, 15) is 0 Å². The number of ether oxygens (including phenoxy) is 3. The van der Waals surface area contributed by atoms with Crippen LogP contribution in [0.1, 0.15) is 18.1 Å². The summed E-state index contributed by atoms with van der Waals surface area (Å²) in [6, 6.07) is 9.83. The van der Waals surface area contributed by atoms with Crippen LogP contribution in [0.3, 0.4) is 0 Å². The molecule has 2 aromatic carbocycles. The highest BCUT2D eigenvalue weighted by Crippen LogP contribution is 2.34. The molecular formula is C27H31ClN8O3. The molecular weight excluding hydrogens is 520 g/mol. The molecule has 1 aliphatic heterocycles. The van der Waals surface area contributed by atoms with Gasteiger partial charge in [0.25, 0.3) is 0 Å². The van der Waals surface area contributed by atoms with Crippen LogP contribution in [0.4, 0.5) is 11.6 Å². The molecule has 1 aliphatic rings. The second-order valence-electron chi connectivity index (χ2n) is 9.37. The molecule has 0 amide bonds. The number of anilines is 2. The van der Waals surface area contributed by atoms with Gasteiger partial charge in [-0.05, 0) is 64.7 Å². The van der Waals surface area contributed by atoms with Crippen molar-refractivity contribution >= 4 is 23.2 Å². The molecule has 0 bridgehead atoms. The number of nitrogens with one attached hydrogen (secondary N) is 1. The van der Waals surface area contributed by atoms with Gasteiger partial charge in [0, 0.05) is 44.7 Å². The third-order valence-corrected chi connectivity index (χ3v) is 6.86. The summed E-state index contributed by atoms with van der Waals surface area (Å²) in [6.07, 6.45) is 5.86. The molecule has 0 saturated carbocycles. The van der Waals surface area contributed by atoms with Gasteiger partial charge in [-0.15, -0.1) is 5.10 Å². The van der Waals surface area contributed by atoms with Gasteiger partial charge in [0.15, 0.2) is 0 Å².